The third-order valence-electron chi connectivity index (χ3n) is 9.92. The van der Waals surface area contributed by atoms with Crippen molar-refractivity contribution in [2.75, 3.05) is 36.0 Å². The first-order valence-corrected chi connectivity index (χ1v) is 17.5. The highest BCUT2D eigenvalue weighted by Crippen LogP contribution is 2.47. The number of aliphatic hydroxyl groups excluding tert-OH is 1. The van der Waals surface area contributed by atoms with Gasteiger partial charge in [-0.2, -0.15) is 13.9 Å². The fourth-order valence-electron chi connectivity index (χ4n) is 6.85. The molecule has 0 amide bonds. The fourth-order valence-corrected chi connectivity index (χ4v) is 6.85. The summed E-state index contributed by atoms with van der Waals surface area (Å²) in [5, 5.41) is 36.4. The maximum absolute atomic E-state index is 16.2. The average Bonchev–Trinajstić information content (AvgIpc) is 3.88. The average molecular weight is 743 g/mol. The molecule has 0 bridgehead atoms. The number of rotatable bonds is 12. The van der Waals surface area contributed by atoms with Gasteiger partial charge in [0.2, 0.25) is 0 Å². The Hall–Kier alpha value is -5.74. The quantitative estimate of drug-likeness (QED) is 0.153. The van der Waals surface area contributed by atoms with E-state index in [0.717, 1.165) is 84.3 Å². The first-order valence-electron chi connectivity index (χ1n) is 17.5. The van der Waals surface area contributed by atoms with Crippen molar-refractivity contribution in [3.8, 4) is 22.5 Å². The van der Waals surface area contributed by atoms with E-state index in [1.165, 1.54) is 12.3 Å². The molecule has 16 heteroatoms. The topological polar surface area (TPSA) is 134 Å². The van der Waals surface area contributed by atoms with Gasteiger partial charge in [0, 0.05) is 66.5 Å². The molecule has 12 nitrogen and oxygen atoms in total. The summed E-state index contributed by atoms with van der Waals surface area (Å²) in [6.07, 6.45) is 4.15. The number of benzene rings is 3. The highest BCUT2D eigenvalue weighted by Gasteiger charge is 2.58. The molecule has 1 saturated heterocycles. The standard InChI is InChI=1S/C38H38F4N10O2/c1-3-34(25(2)53)52-23-44-36(46-52)27-6-12-31(13-7-27)50-18-16-49(17-19-50)30-10-4-26(5-11-30)28-8-15-35(43-21-28)38(41,42)37(54,22-51-24-45-47-48-51)32-14-9-29(39)20-33(32)40/h4-15,20-21,23-25,34,53-54H,3,16-19,22H2,1-2H3/t25-,34-,37?/m0/s1. The first kappa shape index (κ1) is 36.6. The molecule has 3 aromatic heterocycles. The van der Waals surface area contributed by atoms with Crippen LogP contribution in [0.1, 0.15) is 37.6 Å². The lowest BCUT2D eigenvalue weighted by Crippen LogP contribution is -2.48. The summed E-state index contributed by atoms with van der Waals surface area (Å²) in [7, 11) is 0. The van der Waals surface area contributed by atoms with Crippen molar-refractivity contribution in [1.29, 1.82) is 0 Å². The maximum atomic E-state index is 16.2. The highest BCUT2D eigenvalue weighted by molar-refractivity contribution is 5.66. The summed E-state index contributed by atoms with van der Waals surface area (Å²) in [6, 6.07) is 20.2. The van der Waals surface area contributed by atoms with E-state index < -0.39 is 47.1 Å². The van der Waals surface area contributed by atoms with Crippen LogP contribution in [0.4, 0.5) is 28.9 Å². The van der Waals surface area contributed by atoms with Crippen LogP contribution in [-0.2, 0) is 18.1 Å². The smallest absolute Gasteiger partial charge is 0.323 e. The molecule has 0 radical (unpaired) electrons. The Morgan fingerprint density at radius 1 is 0.796 bits per heavy atom. The lowest BCUT2D eigenvalue weighted by atomic mass is 9.84. The Kier molecular flexibility index (Phi) is 10.1. The Morgan fingerprint density at radius 3 is 1.96 bits per heavy atom. The van der Waals surface area contributed by atoms with E-state index >= 15 is 8.78 Å². The Morgan fingerprint density at radius 2 is 1.43 bits per heavy atom. The summed E-state index contributed by atoms with van der Waals surface area (Å²) in [4.78, 5) is 13.0. The van der Waals surface area contributed by atoms with Crippen molar-refractivity contribution in [3.05, 3.63) is 121 Å². The molecule has 1 aliphatic rings. The monoisotopic (exact) mass is 742 g/mol. The highest BCUT2D eigenvalue weighted by atomic mass is 19.3. The molecule has 0 spiro atoms. The second-order valence-electron chi connectivity index (χ2n) is 13.3. The molecule has 0 aliphatic carbocycles. The minimum Gasteiger partial charge on any atom is -0.391 e. The molecule has 280 valence electrons. The van der Waals surface area contributed by atoms with E-state index in [-0.39, 0.29) is 6.04 Å². The van der Waals surface area contributed by atoms with Gasteiger partial charge in [0.05, 0.1) is 18.7 Å². The molecule has 1 fully saturated rings. The van der Waals surface area contributed by atoms with E-state index in [4.69, 9.17) is 0 Å². The van der Waals surface area contributed by atoms with Gasteiger partial charge in [-0.3, -0.25) is 4.98 Å². The van der Waals surface area contributed by atoms with Gasteiger partial charge in [0.1, 0.15) is 30.0 Å². The fraction of sp³-hybridized carbons (Fsp3) is 0.316. The molecule has 4 heterocycles. The van der Waals surface area contributed by atoms with Gasteiger partial charge in [-0.25, -0.2) is 23.1 Å². The van der Waals surface area contributed by atoms with Crippen molar-refractivity contribution in [2.45, 2.75) is 50.5 Å². The van der Waals surface area contributed by atoms with Crippen LogP contribution in [0.15, 0.2) is 97.7 Å². The van der Waals surface area contributed by atoms with Crippen molar-refractivity contribution in [2.24, 2.45) is 0 Å². The van der Waals surface area contributed by atoms with Crippen LogP contribution < -0.4 is 9.80 Å². The Bertz CT molecular complexity index is 2160. The summed E-state index contributed by atoms with van der Waals surface area (Å²) in [5.41, 5.74) is -0.556. The predicted molar refractivity (Wildman–Crippen MR) is 193 cm³/mol. The van der Waals surface area contributed by atoms with Crippen LogP contribution in [0.25, 0.3) is 22.5 Å². The zero-order chi connectivity index (χ0) is 38.0. The maximum Gasteiger partial charge on any atom is 0.323 e. The van der Waals surface area contributed by atoms with Crippen LogP contribution in [0, 0.1) is 11.6 Å². The van der Waals surface area contributed by atoms with Gasteiger partial charge in [-0.1, -0.05) is 25.1 Å². The zero-order valence-corrected chi connectivity index (χ0v) is 29.5. The number of aromatic nitrogens is 8. The number of pyridine rings is 1. The molecular formula is C38H38F4N10O2. The number of piperazine rings is 1. The van der Waals surface area contributed by atoms with E-state index in [9.17, 15) is 19.0 Å². The summed E-state index contributed by atoms with van der Waals surface area (Å²) < 4.78 is 63.4. The summed E-state index contributed by atoms with van der Waals surface area (Å²) in [5.74, 6) is -5.87. The Labute approximate surface area is 308 Å². The molecule has 7 rings (SSSR count). The molecule has 3 atom stereocenters. The number of halogens is 4. The molecule has 1 unspecified atom stereocenters. The number of anilines is 2. The van der Waals surface area contributed by atoms with E-state index in [0.29, 0.717) is 17.5 Å². The number of hydrogen-bond donors (Lipinski definition) is 2. The van der Waals surface area contributed by atoms with E-state index in [1.807, 2.05) is 43.3 Å². The minimum absolute atomic E-state index is 0.127. The van der Waals surface area contributed by atoms with Gasteiger partial charge in [0.25, 0.3) is 0 Å². The van der Waals surface area contributed by atoms with Crippen molar-refractivity contribution in [3.63, 3.8) is 0 Å². The van der Waals surface area contributed by atoms with Gasteiger partial charge >= 0.3 is 5.92 Å². The lowest BCUT2D eigenvalue weighted by molar-refractivity contribution is -0.207. The van der Waals surface area contributed by atoms with Crippen LogP contribution in [0.5, 0.6) is 0 Å². The zero-order valence-electron chi connectivity index (χ0n) is 29.5. The normalized spacial score (nSPS) is 15.9. The summed E-state index contributed by atoms with van der Waals surface area (Å²) >= 11 is 0. The van der Waals surface area contributed by atoms with Gasteiger partial charge in [-0.15, -0.1) is 5.10 Å². The van der Waals surface area contributed by atoms with E-state index in [1.54, 1.807) is 17.9 Å². The molecule has 54 heavy (non-hydrogen) atoms. The second kappa shape index (κ2) is 14.9. The molecule has 1 aliphatic heterocycles. The number of alkyl halides is 2. The van der Waals surface area contributed by atoms with Crippen LogP contribution in [0.3, 0.4) is 0 Å². The number of nitrogens with zero attached hydrogens (tertiary/aromatic N) is 10. The third kappa shape index (κ3) is 7.13. The van der Waals surface area contributed by atoms with Gasteiger partial charge in [-0.05, 0) is 83.9 Å². The van der Waals surface area contributed by atoms with Crippen LogP contribution in [0.2, 0.25) is 0 Å². The number of aliphatic hydroxyl groups is 2. The van der Waals surface area contributed by atoms with E-state index in [2.05, 4.69) is 52.5 Å². The molecule has 0 saturated carbocycles. The van der Waals surface area contributed by atoms with Crippen molar-refractivity contribution >= 4 is 11.4 Å². The third-order valence-corrected chi connectivity index (χ3v) is 9.92. The largest absolute Gasteiger partial charge is 0.391 e. The SMILES string of the molecule is CC[C@@H]([C@H](C)O)n1cnc(-c2ccc(N3CCN(c4ccc(-c5ccc(C(F)(F)C(O)(Cn6cnnn6)c6ccc(F)cc6F)nc5)cc4)CC3)cc2)n1. The molecule has 3 aromatic carbocycles. The van der Waals surface area contributed by atoms with Crippen LogP contribution >= 0.6 is 0 Å². The van der Waals surface area contributed by atoms with Crippen LogP contribution in [-0.4, -0.2) is 82.5 Å². The summed E-state index contributed by atoms with van der Waals surface area (Å²) in [6.45, 7) is 6.02. The second-order valence-corrected chi connectivity index (χ2v) is 13.3. The Balaban J connectivity index is 0.998. The number of tetrazole rings is 1. The van der Waals surface area contributed by atoms with Crippen molar-refractivity contribution < 1.29 is 27.8 Å². The number of hydrogen-bond acceptors (Lipinski definition) is 10. The molecule has 6 aromatic rings. The van der Waals surface area contributed by atoms with Crippen molar-refractivity contribution in [1.82, 2.24) is 40.0 Å². The molecule has 2 N–H and O–H groups in total. The van der Waals surface area contributed by atoms with Gasteiger partial charge < -0.3 is 20.0 Å². The first-order chi connectivity index (χ1) is 26.0. The minimum atomic E-state index is -4.15. The predicted octanol–water partition coefficient (Wildman–Crippen LogP) is 5.61. The van der Waals surface area contributed by atoms with Gasteiger partial charge in [0.15, 0.2) is 11.4 Å². The molecular weight excluding hydrogens is 704 g/mol. The lowest BCUT2D eigenvalue weighted by Gasteiger charge is -2.37.